The molecule has 0 saturated carbocycles. The molecule has 0 unspecified atom stereocenters. The summed E-state index contributed by atoms with van der Waals surface area (Å²) < 4.78 is 7.23. The highest BCUT2D eigenvalue weighted by molar-refractivity contribution is 6.08. The van der Waals surface area contributed by atoms with E-state index in [0.29, 0.717) is 17.7 Å². The molecule has 0 aliphatic rings. The van der Waals surface area contributed by atoms with Crippen molar-refractivity contribution in [3.05, 3.63) is 60.2 Å². The van der Waals surface area contributed by atoms with Crippen molar-refractivity contribution in [1.29, 1.82) is 0 Å². The summed E-state index contributed by atoms with van der Waals surface area (Å²) in [6.07, 6.45) is 2.62. The van der Waals surface area contributed by atoms with Crippen LogP contribution in [0.3, 0.4) is 0 Å². The van der Waals surface area contributed by atoms with E-state index in [4.69, 9.17) is 4.74 Å². The molecule has 0 atom stereocenters. The van der Waals surface area contributed by atoms with Gasteiger partial charge in [0.1, 0.15) is 5.75 Å². The van der Waals surface area contributed by atoms with E-state index in [9.17, 15) is 9.59 Å². The Kier molecular flexibility index (Phi) is 5.93. The van der Waals surface area contributed by atoms with Crippen LogP contribution in [0, 0.1) is 0 Å². The Bertz CT molecular complexity index is 977. The van der Waals surface area contributed by atoms with Crippen LogP contribution in [0.5, 0.6) is 5.75 Å². The molecule has 1 aromatic carbocycles. The normalized spacial score (nSPS) is 10.9. The van der Waals surface area contributed by atoms with Gasteiger partial charge in [0, 0.05) is 18.4 Å². The van der Waals surface area contributed by atoms with Crippen LogP contribution in [0.15, 0.2) is 48.7 Å². The molecule has 0 saturated heterocycles. The number of pyridine rings is 1. The fraction of sp³-hybridized carbons (Fsp3) is 0.286. The molecule has 0 spiro atoms. The Morgan fingerprint density at radius 1 is 1.11 bits per heavy atom. The molecule has 2 amide bonds. The standard InChI is InChI=1S/C21H24N4O3/c1-4-12-22-21(27)19-24-18(17-7-5-6-13-25(17)19)20(26)23-15-8-10-16(11-9-15)28-14(2)3/h5-11,13-14H,4,12H2,1-3H3,(H,22,27)(H,23,26). The van der Waals surface area contributed by atoms with E-state index in [2.05, 4.69) is 15.6 Å². The van der Waals surface area contributed by atoms with Crippen molar-refractivity contribution in [2.45, 2.75) is 33.3 Å². The lowest BCUT2D eigenvalue weighted by Crippen LogP contribution is -2.26. The first-order valence-electron chi connectivity index (χ1n) is 9.33. The highest BCUT2D eigenvalue weighted by Crippen LogP contribution is 2.19. The number of carbonyl (C=O) groups excluding carboxylic acids is 2. The number of imidazole rings is 1. The summed E-state index contributed by atoms with van der Waals surface area (Å²) in [5.74, 6) is 0.234. The molecule has 3 rings (SSSR count). The van der Waals surface area contributed by atoms with E-state index in [-0.39, 0.29) is 29.4 Å². The van der Waals surface area contributed by atoms with Crippen LogP contribution < -0.4 is 15.4 Å². The molecule has 0 fully saturated rings. The van der Waals surface area contributed by atoms with Gasteiger partial charge in [-0.1, -0.05) is 13.0 Å². The van der Waals surface area contributed by atoms with Gasteiger partial charge in [-0.2, -0.15) is 0 Å². The first kappa shape index (κ1) is 19.4. The number of amides is 2. The highest BCUT2D eigenvalue weighted by Gasteiger charge is 2.21. The minimum absolute atomic E-state index is 0.0784. The Morgan fingerprint density at radius 3 is 2.54 bits per heavy atom. The summed E-state index contributed by atoms with van der Waals surface area (Å²) in [5.41, 5.74) is 1.39. The number of ether oxygens (including phenoxy) is 1. The van der Waals surface area contributed by atoms with Crippen LogP contribution in [0.2, 0.25) is 0 Å². The second-order valence-corrected chi connectivity index (χ2v) is 6.64. The number of fused-ring (bicyclic) bond motifs is 1. The maximum Gasteiger partial charge on any atom is 0.287 e. The summed E-state index contributed by atoms with van der Waals surface area (Å²) >= 11 is 0. The van der Waals surface area contributed by atoms with Gasteiger partial charge in [-0.25, -0.2) is 4.98 Å². The smallest absolute Gasteiger partial charge is 0.287 e. The zero-order valence-electron chi connectivity index (χ0n) is 16.2. The fourth-order valence-electron chi connectivity index (χ4n) is 2.76. The molecule has 146 valence electrons. The van der Waals surface area contributed by atoms with Crippen LogP contribution >= 0.6 is 0 Å². The van der Waals surface area contributed by atoms with Gasteiger partial charge in [0.15, 0.2) is 5.69 Å². The van der Waals surface area contributed by atoms with Crippen LogP contribution in [-0.4, -0.2) is 33.8 Å². The summed E-state index contributed by atoms with van der Waals surface area (Å²) in [4.78, 5) is 29.5. The molecule has 3 aromatic rings. The second-order valence-electron chi connectivity index (χ2n) is 6.64. The van der Waals surface area contributed by atoms with Gasteiger partial charge in [-0.3, -0.25) is 14.0 Å². The third-order valence-corrected chi connectivity index (χ3v) is 3.99. The second kappa shape index (κ2) is 8.56. The number of carbonyl (C=O) groups is 2. The van der Waals surface area contributed by atoms with E-state index >= 15 is 0 Å². The fourth-order valence-corrected chi connectivity index (χ4v) is 2.76. The van der Waals surface area contributed by atoms with Gasteiger partial charge in [0.2, 0.25) is 5.82 Å². The average Bonchev–Trinajstić information content (AvgIpc) is 3.07. The molecule has 2 N–H and O–H groups in total. The van der Waals surface area contributed by atoms with Crippen molar-refractivity contribution in [2.75, 3.05) is 11.9 Å². The Hall–Kier alpha value is -3.35. The first-order valence-corrected chi connectivity index (χ1v) is 9.33. The molecular formula is C21H24N4O3. The van der Waals surface area contributed by atoms with Crippen molar-refractivity contribution in [3.63, 3.8) is 0 Å². The van der Waals surface area contributed by atoms with Crippen LogP contribution in [0.1, 0.15) is 48.3 Å². The number of benzene rings is 1. The van der Waals surface area contributed by atoms with E-state index in [1.807, 2.05) is 20.8 Å². The van der Waals surface area contributed by atoms with E-state index in [0.717, 1.165) is 12.2 Å². The third-order valence-electron chi connectivity index (χ3n) is 3.99. The lowest BCUT2D eigenvalue weighted by molar-refractivity contribution is 0.0942. The average molecular weight is 380 g/mol. The molecule has 0 aliphatic heterocycles. The summed E-state index contributed by atoms with van der Waals surface area (Å²) in [5, 5.41) is 5.62. The van der Waals surface area contributed by atoms with Gasteiger partial charge in [-0.05, 0) is 56.7 Å². The number of hydrogen-bond donors (Lipinski definition) is 2. The molecule has 2 heterocycles. The predicted molar refractivity (Wildman–Crippen MR) is 108 cm³/mol. The molecular weight excluding hydrogens is 356 g/mol. The molecule has 0 aliphatic carbocycles. The minimum Gasteiger partial charge on any atom is -0.491 e. The zero-order valence-corrected chi connectivity index (χ0v) is 16.2. The maximum absolute atomic E-state index is 12.8. The third kappa shape index (κ3) is 4.31. The monoisotopic (exact) mass is 380 g/mol. The highest BCUT2D eigenvalue weighted by atomic mass is 16.5. The quantitative estimate of drug-likeness (QED) is 0.657. The Balaban J connectivity index is 1.84. The first-order chi connectivity index (χ1) is 13.5. The van der Waals surface area contributed by atoms with Crippen molar-refractivity contribution in [1.82, 2.24) is 14.7 Å². The van der Waals surface area contributed by atoms with Crippen molar-refractivity contribution in [2.24, 2.45) is 0 Å². The Morgan fingerprint density at radius 2 is 1.86 bits per heavy atom. The largest absolute Gasteiger partial charge is 0.491 e. The van der Waals surface area contributed by atoms with E-state index in [1.165, 1.54) is 0 Å². The van der Waals surface area contributed by atoms with Crippen LogP contribution in [-0.2, 0) is 0 Å². The molecule has 0 bridgehead atoms. The van der Waals surface area contributed by atoms with Crippen molar-refractivity contribution in [3.8, 4) is 5.75 Å². The van der Waals surface area contributed by atoms with Crippen LogP contribution in [0.4, 0.5) is 5.69 Å². The number of aromatic nitrogens is 2. The lowest BCUT2D eigenvalue weighted by atomic mass is 10.2. The van der Waals surface area contributed by atoms with Gasteiger partial charge < -0.3 is 15.4 Å². The van der Waals surface area contributed by atoms with Crippen molar-refractivity contribution >= 4 is 23.0 Å². The van der Waals surface area contributed by atoms with Crippen LogP contribution in [0.25, 0.3) is 5.52 Å². The molecule has 0 radical (unpaired) electrons. The number of nitrogens with zero attached hydrogens (tertiary/aromatic N) is 2. The number of rotatable bonds is 7. The number of nitrogens with one attached hydrogen (secondary N) is 2. The van der Waals surface area contributed by atoms with Crippen molar-refractivity contribution < 1.29 is 14.3 Å². The SMILES string of the molecule is CCCNC(=O)c1nc(C(=O)Nc2ccc(OC(C)C)cc2)c2ccccn12. The molecule has 7 heteroatoms. The van der Waals surface area contributed by atoms with E-state index in [1.54, 1.807) is 53.1 Å². The Labute approximate surface area is 163 Å². The molecule has 7 nitrogen and oxygen atoms in total. The van der Waals surface area contributed by atoms with Gasteiger partial charge in [0.05, 0.1) is 11.6 Å². The van der Waals surface area contributed by atoms with Gasteiger partial charge in [0.25, 0.3) is 11.8 Å². The molecule has 2 aromatic heterocycles. The maximum atomic E-state index is 12.8. The predicted octanol–water partition coefficient (Wildman–Crippen LogP) is 3.51. The molecule has 28 heavy (non-hydrogen) atoms. The summed E-state index contributed by atoms with van der Waals surface area (Å²) in [6, 6.07) is 12.5. The topological polar surface area (TPSA) is 84.7 Å². The van der Waals surface area contributed by atoms with E-state index < -0.39 is 0 Å². The minimum atomic E-state index is -0.379. The summed E-state index contributed by atoms with van der Waals surface area (Å²) in [7, 11) is 0. The lowest BCUT2D eigenvalue weighted by Gasteiger charge is -2.10. The zero-order chi connectivity index (χ0) is 20.1. The van der Waals surface area contributed by atoms with Gasteiger partial charge >= 0.3 is 0 Å². The number of anilines is 1. The number of hydrogen-bond acceptors (Lipinski definition) is 4. The summed E-state index contributed by atoms with van der Waals surface area (Å²) in [6.45, 7) is 6.43. The van der Waals surface area contributed by atoms with Gasteiger partial charge in [-0.15, -0.1) is 0 Å².